The lowest BCUT2D eigenvalue weighted by Crippen LogP contribution is -2.54. The number of carbonyl (C=O) groups excluding carboxylic acids is 5. The Morgan fingerprint density at radius 2 is 1.57 bits per heavy atom. The maximum Gasteiger partial charge on any atom is 0.265 e. The van der Waals surface area contributed by atoms with E-state index in [2.05, 4.69) is 38.2 Å². The zero-order valence-corrected chi connectivity index (χ0v) is 27.3. The Morgan fingerprint density at radius 1 is 0.851 bits per heavy atom. The minimum Gasteiger partial charge on any atom is -0.384 e. The highest BCUT2D eigenvalue weighted by molar-refractivity contribution is 6.25. The van der Waals surface area contributed by atoms with Crippen LogP contribution in [0.5, 0.6) is 0 Å². The van der Waals surface area contributed by atoms with Crippen molar-refractivity contribution in [1.82, 2.24) is 26.0 Å². The van der Waals surface area contributed by atoms with Gasteiger partial charge in [-0.25, -0.2) is 5.43 Å². The molecule has 252 valence electrons. The maximum absolute atomic E-state index is 13.2. The first-order chi connectivity index (χ1) is 22.9. The summed E-state index contributed by atoms with van der Waals surface area (Å²) in [6, 6.07) is 12.0. The van der Waals surface area contributed by atoms with E-state index in [0.717, 1.165) is 75.5 Å². The van der Waals surface area contributed by atoms with E-state index in [1.54, 1.807) is 18.2 Å². The molecule has 1 atom stereocenters. The molecule has 3 aliphatic rings. The van der Waals surface area contributed by atoms with E-state index < -0.39 is 23.8 Å². The number of benzene rings is 2. The van der Waals surface area contributed by atoms with Crippen LogP contribution in [0.3, 0.4) is 0 Å². The van der Waals surface area contributed by atoms with E-state index in [1.807, 2.05) is 24.3 Å². The van der Waals surface area contributed by atoms with Crippen LogP contribution in [0.2, 0.25) is 0 Å². The SMILES string of the molecule is CCCNNC(=O)c1ccc(N2CCN(CCCCCCCCNc3cccc4c3C(=O)N(C3CCC(=O)NC3=O)C4=O)CC2)cc1. The molecule has 3 aliphatic heterocycles. The molecule has 47 heavy (non-hydrogen) atoms. The first kappa shape index (κ1) is 34.1. The summed E-state index contributed by atoms with van der Waals surface area (Å²) in [5, 5.41) is 5.56. The number of nitrogens with one attached hydrogen (secondary N) is 4. The van der Waals surface area contributed by atoms with Crippen LogP contribution in [-0.4, -0.2) is 91.2 Å². The fourth-order valence-electron chi connectivity index (χ4n) is 6.45. The number of imide groups is 2. The molecule has 0 aliphatic carbocycles. The molecule has 2 aromatic carbocycles. The Bertz CT molecular complexity index is 1440. The predicted molar refractivity (Wildman–Crippen MR) is 180 cm³/mol. The minimum absolute atomic E-state index is 0.101. The van der Waals surface area contributed by atoms with Crippen molar-refractivity contribution >= 4 is 40.9 Å². The molecule has 0 spiro atoms. The third-order valence-corrected chi connectivity index (χ3v) is 9.13. The summed E-state index contributed by atoms with van der Waals surface area (Å²) in [5.41, 5.74) is 8.67. The van der Waals surface area contributed by atoms with Crippen molar-refractivity contribution in [3.05, 3.63) is 59.2 Å². The molecule has 12 heteroatoms. The lowest BCUT2D eigenvalue weighted by molar-refractivity contribution is -0.136. The molecule has 12 nitrogen and oxygen atoms in total. The molecule has 0 bridgehead atoms. The second-order valence-electron chi connectivity index (χ2n) is 12.5. The predicted octanol–water partition coefficient (Wildman–Crippen LogP) is 3.31. The molecular weight excluding hydrogens is 598 g/mol. The van der Waals surface area contributed by atoms with Gasteiger partial charge in [0.05, 0.1) is 11.1 Å². The second kappa shape index (κ2) is 16.5. The summed E-state index contributed by atoms with van der Waals surface area (Å²) in [7, 11) is 0. The normalized spacial score (nSPS) is 18.4. The van der Waals surface area contributed by atoms with Gasteiger partial charge in [-0.05, 0) is 68.6 Å². The van der Waals surface area contributed by atoms with Gasteiger partial charge in [-0.15, -0.1) is 0 Å². The molecule has 3 heterocycles. The molecule has 2 fully saturated rings. The average Bonchev–Trinajstić information content (AvgIpc) is 3.34. The Labute approximate surface area is 276 Å². The monoisotopic (exact) mass is 645 g/mol. The van der Waals surface area contributed by atoms with Crippen LogP contribution in [0.15, 0.2) is 42.5 Å². The van der Waals surface area contributed by atoms with E-state index >= 15 is 0 Å². The lowest BCUT2D eigenvalue weighted by Gasteiger charge is -2.36. The molecular formula is C35H47N7O5. The van der Waals surface area contributed by atoms with Gasteiger partial charge < -0.3 is 10.2 Å². The number of hydrogen-bond donors (Lipinski definition) is 4. The van der Waals surface area contributed by atoms with Gasteiger partial charge >= 0.3 is 0 Å². The zero-order chi connectivity index (χ0) is 33.2. The minimum atomic E-state index is -0.962. The third kappa shape index (κ3) is 8.55. The molecule has 0 aromatic heterocycles. The van der Waals surface area contributed by atoms with Crippen molar-refractivity contribution in [3.8, 4) is 0 Å². The summed E-state index contributed by atoms with van der Waals surface area (Å²) < 4.78 is 0. The van der Waals surface area contributed by atoms with Gasteiger partial charge in [-0.3, -0.25) is 44.5 Å². The van der Waals surface area contributed by atoms with Crippen LogP contribution in [0, 0.1) is 0 Å². The quantitative estimate of drug-likeness (QED) is 0.123. The summed E-state index contributed by atoms with van der Waals surface area (Å²) in [4.78, 5) is 68.2. The Kier molecular flexibility index (Phi) is 12.0. The van der Waals surface area contributed by atoms with Crippen molar-refractivity contribution in [2.45, 2.75) is 70.8 Å². The van der Waals surface area contributed by atoms with Gasteiger partial charge in [0.25, 0.3) is 17.7 Å². The van der Waals surface area contributed by atoms with Crippen molar-refractivity contribution in [1.29, 1.82) is 0 Å². The lowest BCUT2D eigenvalue weighted by atomic mass is 10.0. The van der Waals surface area contributed by atoms with Crippen molar-refractivity contribution in [2.75, 3.05) is 56.0 Å². The first-order valence-electron chi connectivity index (χ1n) is 17.1. The molecule has 0 saturated carbocycles. The molecule has 2 saturated heterocycles. The fourth-order valence-corrected chi connectivity index (χ4v) is 6.45. The van der Waals surface area contributed by atoms with Gasteiger partial charge in [-0.2, -0.15) is 0 Å². The molecule has 1 unspecified atom stereocenters. The van der Waals surface area contributed by atoms with Crippen molar-refractivity contribution < 1.29 is 24.0 Å². The molecule has 2 aromatic rings. The summed E-state index contributed by atoms with van der Waals surface area (Å²) >= 11 is 0. The standard InChI is InChI=1S/C35H47N7O5/c1-2-18-37-39-32(44)25-12-14-26(15-13-25)41-23-21-40(22-24-41)20-8-6-4-3-5-7-19-36-28-11-9-10-27-31(28)35(47)42(34(27)46)29-16-17-30(43)38-33(29)45/h9-15,29,36-37H,2-8,16-24H2,1H3,(H,39,44)(H,38,43,45). The number of nitrogens with zero attached hydrogens (tertiary/aromatic N) is 3. The number of hydrazine groups is 1. The highest BCUT2D eigenvalue weighted by Crippen LogP contribution is 2.32. The van der Waals surface area contributed by atoms with Crippen LogP contribution in [0.1, 0.15) is 95.8 Å². The largest absolute Gasteiger partial charge is 0.384 e. The van der Waals surface area contributed by atoms with E-state index in [0.29, 0.717) is 28.9 Å². The van der Waals surface area contributed by atoms with Crippen LogP contribution in [0.25, 0.3) is 0 Å². The number of carbonyl (C=O) groups is 5. The van der Waals surface area contributed by atoms with E-state index in [-0.39, 0.29) is 24.7 Å². The Hall–Kier alpha value is -4.29. The third-order valence-electron chi connectivity index (χ3n) is 9.13. The Balaban J connectivity index is 0.938. The zero-order valence-electron chi connectivity index (χ0n) is 27.3. The number of fused-ring (bicyclic) bond motifs is 1. The van der Waals surface area contributed by atoms with Gasteiger partial charge in [0, 0.05) is 62.6 Å². The van der Waals surface area contributed by atoms with Crippen molar-refractivity contribution in [3.63, 3.8) is 0 Å². The number of piperazine rings is 1. The number of unbranched alkanes of at least 4 members (excludes halogenated alkanes) is 5. The molecule has 5 amide bonds. The van der Waals surface area contributed by atoms with Gasteiger partial charge in [0.2, 0.25) is 11.8 Å². The number of hydrogen-bond acceptors (Lipinski definition) is 9. The van der Waals surface area contributed by atoms with Crippen LogP contribution in [0.4, 0.5) is 11.4 Å². The fraction of sp³-hybridized carbons (Fsp3) is 0.514. The van der Waals surface area contributed by atoms with Gasteiger partial charge in [0.15, 0.2) is 0 Å². The topological polar surface area (TPSA) is 143 Å². The average molecular weight is 646 g/mol. The van der Waals surface area contributed by atoms with E-state index in [1.165, 1.54) is 19.3 Å². The number of rotatable bonds is 16. The smallest absolute Gasteiger partial charge is 0.265 e. The van der Waals surface area contributed by atoms with E-state index in [9.17, 15) is 24.0 Å². The summed E-state index contributed by atoms with van der Waals surface area (Å²) in [5.74, 6) is -2.07. The second-order valence-corrected chi connectivity index (χ2v) is 12.5. The summed E-state index contributed by atoms with van der Waals surface area (Å²) in [6.07, 6.45) is 7.94. The maximum atomic E-state index is 13.2. The summed E-state index contributed by atoms with van der Waals surface area (Å²) in [6.45, 7) is 8.64. The highest BCUT2D eigenvalue weighted by atomic mass is 16.2. The van der Waals surface area contributed by atoms with Gasteiger partial charge in [-0.1, -0.05) is 38.7 Å². The number of amides is 5. The molecule has 5 rings (SSSR count). The Morgan fingerprint density at radius 3 is 2.30 bits per heavy atom. The first-order valence-corrected chi connectivity index (χ1v) is 17.1. The molecule has 0 radical (unpaired) electrons. The number of anilines is 2. The van der Waals surface area contributed by atoms with Crippen LogP contribution >= 0.6 is 0 Å². The van der Waals surface area contributed by atoms with Gasteiger partial charge in [0.1, 0.15) is 6.04 Å². The van der Waals surface area contributed by atoms with Crippen molar-refractivity contribution in [2.24, 2.45) is 0 Å². The van der Waals surface area contributed by atoms with Crippen LogP contribution in [-0.2, 0) is 9.59 Å². The van der Waals surface area contributed by atoms with Crippen LogP contribution < -0.4 is 26.4 Å². The van der Waals surface area contributed by atoms with E-state index in [4.69, 9.17) is 0 Å². The molecule has 4 N–H and O–H groups in total. The highest BCUT2D eigenvalue weighted by Gasteiger charge is 2.45. The number of piperidine rings is 1.